The minimum Gasteiger partial charge on any atom is -0.397 e. The summed E-state index contributed by atoms with van der Waals surface area (Å²) in [5.74, 6) is 0. The highest BCUT2D eigenvalue weighted by Gasteiger charge is 2.10. The highest BCUT2D eigenvalue weighted by atomic mass is 14.7. The predicted molar refractivity (Wildman–Crippen MR) is 93.7 cm³/mol. The summed E-state index contributed by atoms with van der Waals surface area (Å²) in [7, 11) is 0. The summed E-state index contributed by atoms with van der Waals surface area (Å²) in [5.41, 5.74) is 17.6. The Morgan fingerprint density at radius 2 is 1.71 bits per heavy atom. The van der Waals surface area contributed by atoms with Crippen molar-refractivity contribution in [2.75, 3.05) is 11.5 Å². The van der Waals surface area contributed by atoms with E-state index in [-0.39, 0.29) is 0 Å². The van der Waals surface area contributed by atoms with Crippen molar-refractivity contribution in [1.29, 1.82) is 0 Å². The number of anilines is 2. The second-order valence-corrected chi connectivity index (χ2v) is 4.69. The Morgan fingerprint density at radius 1 is 1.00 bits per heavy atom. The van der Waals surface area contributed by atoms with E-state index in [4.69, 9.17) is 11.5 Å². The molecule has 0 aliphatic rings. The minimum absolute atomic E-state index is 0.603. The van der Waals surface area contributed by atoms with E-state index in [1.54, 1.807) is 6.08 Å². The zero-order chi connectivity index (χ0) is 15.2. The van der Waals surface area contributed by atoms with Gasteiger partial charge in [0.25, 0.3) is 0 Å². The molecule has 0 heterocycles. The topological polar surface area (TPSA) is 52.0 Å². The summed E-state index contributed by atoms with van der Waals surface area (Å²) in [6.45, 7) is 5.73. The summed E-state index contributed by atoms with van der Waals surface area (Å²) >= 11 is 0. The second kappa shape index (κ2) is 6.62. The van der Waals surface area contributed by atoms with Crippen molar-refractivity contribution >= 4 is 16.9 Å². The molecule has 0 aliphatic carbocycles. The molecule has 4 N–H and O–H groups in total. The maximum atomic E-state index is 6.15. The molecule has 0 amide bonds. The number of nitrogen functional groups attached to an aromatic ring is 2. The van der Waals surface area contributed by atoms with Crippen LogP contribution in [-0.2, 0) is 0 Å². The van der Waals surface area contributed by atoms with Crippen LogP contribution in [0.2, 0.25) is 0 Å². The van der Waals surface area contributed by atoms with Gasteiger partial charge < -0.3 is 11.5 Å². The summed E-state index contributed by atoms with van der Waals surface area (Å²) in [4.78, 5) is 0. The van der Waals surface area contributed by atoms with Crippen molar-refractivity contribution in [3.63, 3.8) is 0 Å². The summed E-state index contributed by atoms with van der Waals surface area (Å²) in [5, 5.41) is 0. The molecule has 0 saturated heterocycles. The molecule has 106 valence electrons. The molecule has 2 heteroatoms. The van der Waals surface area contributed by atoms with Crippen LogP contribution in [0, 0.1) is 0 Å². The summed E-state index contributed by atoms with van der Waals surface area (Å²) < 4.78 is 0. The smallest absolute Gasteiger partial charge is 0.0627 e. The molecular formula is C19H20N2. The van der Waals surface area contributed by atoms with Gasteiger partial charge >= 0.3 is 0 Å². The van der Waals surface area contributed by atoms with Gasteiger partial charge in [0.1, 0.15) is 0 Å². The Balaban J connectivity index is 2.64. The lowest BCUT2D eigenvalue weighted by Gasteiger charge is -2.14. The SMILES string of the molecule is C=C/C=C\C(=C/C)c1ccccc1-c1cccc(N)c1N. The third kappa shape index (κ3) is 3.06. The van der Waals surface area contributed by atoms with Crippen LogP contribution in [-0.4, -0.2) is 0 Å². The van der Waals surface area contributed by atoms with E-state index >= 15 is 0 Å². The maximum Gasteiger partial charge on any atom is 0.0627 e. The molecular weight excluding hydrogens is 256 g/mol. The molecule has 2 rings (SSSR count). The first-order valence-corrected chi connectivity index (χ1v) is 6.88. The van der Waals surface area contributed by atoms with Gasteiger partial charge in [0.05, 0.1) is 11.4 Å². The lowest BCUT2D eigenvalue weighted by molar-refractivity contribution is 1.55. The number of allylic oxidation sites excluding steroid dienone is 5. The van der Waals surface area contributed by atoms with Crippen molar-refractivity contribution < 1.29 is 0 Å². The van der Waals surface area contributed by atoms with E-state index < -0.39 is 0 Å². The lowest BCUT2D eigenvalue weighted by atomic mass is 9.93. The standard InChI is InChI=1S/C19H20N2/c1-3-5-9-14(4-2)15-10-6-7-11-16(15)17-12-8-13-18(20)19(17)21/h3-13H,1,20-21H2,2H3/b9-5-,14-4+. The second-order valence-electron chi connectivity index (χ2n) is 4.69. The van der Waals surface area contributed by atoms with Crippen LogP contribution in [0.3, 0.4) is 0 Å². The normalized spacial score (nSPS) is 11.8. The molecule has 0 aromatic heterocycles. The van der Waals surface area contributed by atoms with E-state index in [0.717, 1.165) is 22.3 Å². The largest absolute Gasteiger partial charge is 0.397 e. The average molecular weight is 276 g/mol. The van der Waals surface area contributed by atoms with E-state index in [1.807, 2.05) is 49.4 Å². The van der Waals surface area contributed by atoms with E-state index in [0.29, 0.717) is 11.4 Å². The number of benzene rings is 2. The summed E-state index contributed by atoms with van der Waals surface area (Å²) in [6, 6.07) is 13.9. The maximum absolute atomic E-state index is 6.15. The predicted octanol–water partition coefficient (Wildman–Crippen LogP) is 4.66. The highest BCUT2D eigenvalue weighted by molar-refractivity contribution is 5.92. The van der Waals surface area contributed by atoms with Crippen molar-refractivity contribution in [3.8, 4) is 11.1 Å². The molecule has 0 radical (unpaired) electrons. The molecule has 0 spiro atoms. The third-order valence-electron chi connectivity index (χ3n) is 3.39. The molecule has 0 unspecified atom stereocenters. The first-order valence-electron chi connectivity index (χ1n) is 6.88. The molecule has 0 aliphatic heterocycles. The fraction of sp³-hybridized carbons (Fsp3) is 0.0526. The van der Waals surface area contributed by atoms with Crippen LogP contribution in [0.25, 0.3) is 16.7 Å². The van der Waals surface area contributed by atoms with E-state index in [1.165, 1.54) is 0 Å². The molecule has 0 bridgehead atoms. The van der Waals surface area contributed by atoms with Gasteiger partial charge in [0.2, 0.25) is 0 Å². The van der Waals surface area contributed by atoms with Crippen LogP contribution in [0.1, 0.15) is 12.5 Å². The number of hydrogen-bond donors (Lipinski definition) is 2. The Hall–Kier alpha value is -2.74. The molecule has 2 aromatic carbocycles. The fourth-order valence-electron chi connectivity index (χ4n) is 2.30. The molecule has 2 aromatic rings. The Labute approximate surface area is 126 Å². The number of para-hydroxylation sites is 1. The first kappa shape index (κ1) is 14.7. The lowest BCUT2D eigenvalue weighted by Crippen LogP contribution is -1.98. The Morgan fingerprint density at radius 3 is 2.43 bits per heavy atom. The van der Waals surface area contributed by atoms with Gasteiger partial charge in [0.15, 0.2) is 0 Å². The van der Waals surface area contributed by atoms with Crippen LogP contribution >= 0.6 is 0 Å². The molecule has 0 fully saturated rings. The number of nitrogens with two attached hydrogens (primary N) is 2. The zero-order valence-corrected chi connectivity index (χ0v) is 12.2. The van der Waals surface area contributed by atoms with Crippen LogP contribution in [0.4, 0.5) is 11.4 Å². The Bertz CT molecular complexity index is 709. The van der Waals surface area contributed by atoms with Crippen molar-refractivity contribution in [1.82, 2.24) is 0 Å². The molecule has 2 nitrogen and oxygen atoms in total. The van der Waals surface area contributed by atoms with Crippen molar-refractivity contribution in [2.45, 2.75) is 6.92 Å². The number of hydrogen-bond acceptors (Lipinski definition) is 2. The van der Waals surface area contributed by atoms with Gasteiger partial charge in [-0.25, -0.2) is 0 Å². The summed E-state index contributed by atoms with van der Waals surface area (Å²) in [6.07, 6.45) is 7.80. The Kier molecular flexibility index (Phi) is 4.62. The average Bonchev–Trinajstić information content (AvgIpc) is 2.51. The van der Waals surface area contributed by atoms with E-state index in [9.17, 15) is 0 Å². The van der Waals surface area contributed by atoms with Gasteiger partial charge in [-0.2, -0.15) is 0 Å². The van der Waals surface area contributed by atoms with Gasteiger partial charge in [-0.3, -0.25) is 0 Å². The van der Waals surface area contributed by atoms with Crippen LogP contribution in [0.5, 0.6) is 0 Å². The van der Waals surface area contributed by atoms with Gasteiger partial charge in [-0.15, -0.1) is 0 Å². The number of rotatable bonds is 4. The van der Waals surface area contributed by atoms with Gasteiger partial charge in [-0.1, -0.05) is 67.3 Å². The zero-order valence-electron chi connectivity index (χ0n) is 12.2. The van der Waals surface area contributed by atoms with E-state index in [2.05, 4.69) is 24.8 Å². The molecule has 0 saturated carbocycles. The first-order chi connectivity index (χ1) is 10.2. The minimum atomic E-state index is 0.603. The van der Waals surface area contributed by atoms with Gasteiger partial charge in [-0.05, 0) is 29.7 Å². The monoisotopic (exact) mass is 276 g/mol. The fourth-order valence-corrected chi connectivity index (χ4v) is 2.30. The molecule has 21 heavy (non-hydrogen) atoms. The van der Waals surface area contributed by atoms with Crippen molar-refractivity contribution in [2.24, 2.45) is 0 Å². The third-order valence-corrected chi connectivity index (χ3v) is 3.39. The van der Waals surface area contributed by atoms with Crippen LogP contribution in [0.15, 0.2) is 73.3 Å². The van der Waals surface area contributed by atoms with Crippen molar-refractivity contribution in [3.05, 3.63) is 78.9 Å². The molecule has 0 atom stereocenters. The highest BCUT2D eigenvalue weighted by Crippen LogP contribution is 2.35. The van der Waals surface area contributed by atoms with Crippen LogP contribution < -0.4 is 11.5 Å². The quantitative estimate of drug-likeness (QED) is 0.630. The van der Waals surface area contributed by atoms with Gasteiger partial charge in [0, 0.05) is 5.56 Å².